The molecule has 1 fully saturated rings. The molecule has 0 bridgehead atoms. The van der Waals surface area contributed by atoms with Crippen molar-refractivity contribution in [3.8, 4) is 0 Å². The van der Waals surface area contributed by atoms with Crippen LogP contribution in [0.15, 0.2) is 134 Å². The summed E-state index contributed by atoms with van der Waals surface area (Å²) in [4.78, 5) is 38.7. The Bertz CT molecular complexity index is 1770. The zero-order valence-electron chi connectivity index (χ0n) is 27.0. The minimum atomic E-state index is -0.944. The molecule has 2 amide bonds. The molecular weight excluding hydrogens is 598 g/mol. The molecule has 48 heavy (non-hydrogen) atoms. The maximum absolute atomic E-state index is 14.0. The van der Waals surface area contributed by atoms with Gasteiger partial charge in [0.1, 0.15) is 11.9 Å². The summed E-state index contributed by atoms with van der Waals surface area (Å²) in [5.74, 6) is -0.448. The summed E-state index contributed by atoms with van der Waals surface area (Å²) in [5.41, 5.74) is 3.87. The van der Waals surface area contributed by atoms with E-state index in [9.17, 15) is 14.7 Å². The number of aliphatic hydroxyl groups is 1. The number of carbonyl (C=O) groups excluding carboxylic acids is 2. The summed E-state index contributed by atoms with van der Waals surface area (Å²) in [6.07, 6.45) is 4.46. The number of aliphatic hydroxyl groups excluding tert-OH is 1. The van der Waals surface area contributed by atoms with E-state index in [0.717, 1.165) is 23.1 Å². The molecule has 5 aromatic rings. The predicted molar refractivity (Wildman–Crippen MR) is 188 cm³/mol. The maximum Gasteiger partial charge on any atom is 0.247 e. The second-order valence-corrected chi connectivity index (χ2v) is 12.3. The first-order valence-corrected chi connectivity index (χ1v) is 16.6. The Morgan fingerprint density at radius 1 is 0.833 bits per heavy atom. The van der Waals surface area contributed by atoms with Gasteiger partial charge in [-0.15, -0.1) is 0 Å². The average Bonchev–Trinajstić information content (AvgIpc) is 3.63. The van der Waals surface area contributed by atoms with Crippen LogP contribution < -0.4 is 10.6 Å². The Morgan fingerprint density at radius 3 is 2.21 bits per heavy atom. The molecule has 5 atom stereocenters. The molecule has 8 nitrogen and oxygen atoms in total. The van der Waals surface area contributed by atoms with Crippen LogP contribution in [-0.4, -0.2) is 44.4 Å². The molecule has 244 valence electrons. The largest absolute Gasteiger partial charge is 0.388 e. The fourth-order valence-electron chi connectivity index (χ4n) is 6.65. The predicted octanol–water partition coefficient (Wildman–Crippen LogP) is 6.96. The summed E-state index contributed by atoms with van der Waals surface area (Å²) in [6, 6.07) is 37.2. The molecule has 0 spiro atoms. The summed E-state index contributed by atoms with van der Waals surface area (Å²) < 4.78 is 0. The van der Waals surface area contributed by atoms with Crippen molar-refractivity contribution >= 4 is 23.3 Å². The fraction of sp³-hybridized carbons (Fsp3) is 0.250. The third-order valence-electron chi connectivity index (χ3n) is 9.04. The number of rotatable bonds is 12. The Hall–Kier alpha value is -5.34. The number of amides is 2. The van der Waals surface area contributed by atoms with Gasteiger partial charge in [0.2, 0.25) is 11.8 Å². The van der Waals surface area contributed by atoms with Crippen LogP contribution in [0.2, 0.25) is 0 Å². The number of nitrogens with zero attached hydrogens (tertiary/aromatic N) is 3. The highest BCUT2D eigenvalue weighted by molar-refractivity contribution is 5.98. The molecule has 1 aliphatic rings. The van der Waals surface area contributed by atoms with E-state index in [2.05, 4.69) is 15.6 Å². The van der Waals surface area contributed by atoms with Crippen molar-refractivity contribution in [3.05, 3.63) is 156 Å². The Morgan fingerprint density at radius 2 is 1.50 bits per heavy atom. The van der Waals surface area contributed by atoms with Gasteiger partial charge in [0.15, 0.2) is 0 Å². The van der Waals surface area contributed by atoms with E-state index in [-0.39, 0.29) is 17.7 Å². The highest BCUT2D eigenvalue weighted by Crippen LogP contribution is 2.44. The SMILES string of the molecule is C[C@@H](Cc1ccccc1)C(=O)N1CCC[C@H]1C(=O)Nc1ccccc1[C@H](Nc1ccccn1)[C@@H](c1ccccn1)[C@@H](O)c1ccccc1. The topological polar surface area (TPSA) is 107 Å². The Labute approximate surface area is 281 Å². The standard InChI is InChI=1S/C40H41N5O3/c1-28(27-29-15-4-2-5-16-29)40(48)45-26-14-22-34(45)39(47)43-32-20-9-8-19-31(32)37(44-35-23-11-13-25-42-35)36(33-21-10-12-24-41-33)38(46)30-17-6-3-7-18-30/h2-13,15-21,23-25,28,34,36-38,46H,14,22,26-27H2,1H3,(H,42,44)(H,43,47)/t28-,34-,36+,37-,38-/m0/s1. The molecule has 6 rings (SSSR count). The van der Waals surface area contributed by atoms with E-state index < -0.39 is 24.1 Å². The summed E-state index contributed by atoms with van der Waals surface area (Å²) in [5, 5.41) is 18.8. The molecule has 0 aliphatic carbocycles. The van der Waals surface area contributed by atoms with Crippen LogP contribution in [0.4, 0.5) is 11.5 Å². The molecule has 0 unspecified atom stereocenters. The molecule has 1 aliphatic heterocycles. The Kier molecular flexibility index (Phi) is 10.5. The lowest BCUT2D eigenvalue weighted by Crippen LogP contribution is -2.45. The Balaban J connectivity index is 1.32. The lowest BCUT2D eigenvalue weighted by atomic mass is 9.82. The lowest BCUT2D eigenvalue weighted by molar-refractivity contribution is -0.139. The summed E-state index contributed by atoms with van der Waals surface area (Å²) in [6.45, 7) is 2.48. The highest BCUT2D eigenvalue weighted by atomic mass is 16.3. The average molecular weight is 640 g/mol. The minimum Gasteiger partial charge on any atom is -0.388 e. The van der Waals surface area contributed by atoms with Gasteiger partial charge in [0, 0.05) is 36.2 Å². The number of nitrogens with one attached hydrogen (secondary N) is 2. The number of anilines is 2. The molecule has 1 saturated heterocycles. The zero-order chi connectivity index (χ0) is 33.3. The van der Waals surface area contributed by atoms with Crippen LogP contribution in [-0.2, 0) is 16.0 Å². The van der Waals surface area contributed by atoms with E-state index in [1.165, 1.54) is 0 Å². The van der Waals surface area contributed by atoms with Crippen LogP contribution in [0.3, 0.4) is 0 Å². The van der Waals surface area contributed by atoms with Crippen molar-refractivity contribution in [2.24, 2.45) is 5.92 Å². The van der Waals surface area contributed by atoms with Gasteiger partial charge < -0.3 is 20.6 Å². The molecule has 2 aromatic heterocycles. The third kappa shape index (κ3) is 7.61. The van der Waals surface area contributed by atoms with Crippen molar-refractivity contribution < 1.29 is 14.7 Å². The first-order chi connectivity index (χ1) is 23.5. The van der Waals surface area contributed by atoms with Gasteiger partial charge in [-0.25, -0.2) is 4.98 Å². The van der Waals surface area contributed by atoms with Gasteiger partial charge in [0.25, 0.3) is 0 Å². The number of carbonyl (C=O) groups is 2. The maximum atomic E-state index is 14.0. The molecule has 3 aromatic carbocycles. The minimum absolute atomic E-state index is 0.0133. The molecule has 3 N–H and O–H groups in total. The van der Waals surface area contributed by atoms with Gasteiger partial charge in [-0.3, -0.25) is 14.6 Å². The number of para-hydroxylation sites is 1. The van der Waals surface area contributed by atoms with Crippen molar-refractivity contribution in [2.45, 2.75) is 50.3 Å². The molecule has 0 saturated carbocycles. The fourth-order valence-corrected chi connectivity index (χ4v) is 6.65. The molecule has 3 heterocycles. The first kappa shape index (κ1) is 32.6. The van der Waals surface area contributed by atoms with Crippen LogP contribution >= 0.6 is 0 Å². The van der Waals surface area contributed by atoms with Crippen LogP contribution in [0.5, 0.6) is 0 Å². The van der Waals surface area contributed by atoms with Gasteiger partial charge in [-0.05, 0) is 66.3 Å². The second-order valence-electron chi connectivity index (χ2n) is 12.3. The van der Waals surface area contributed by atoms with Crippen molar-refractivity contribution in [1.82, 2.24) is 14.9 Å². The van der Waals surface area contributed by atoms with Crippen molar-refractivity contribution in [2.75, 3.05) is 17.2 Å². The lowest BCUT2D eigenvalue weighted by Gasteiger charge is -2.34. The third-order valence-corrected chi connectivity index (χ3v) is 9.04. The number of benzene rings is 3. The monoisotopic (exact) mass is 639 g/mol. The van der Waals surface area contributed by atoms with Gasteiger partial charge in [0.05, 0.1) is 18.1 Å². The zero-order valence-corrected chi connectivity index (χ0v) is 27.0. The molecule has 8 heteroatoms. The van der Waals surface area contributed by atoms with Crippen LogP contribution in [0, 0.1) is 5.92 Å². The number of aromatic nitrogens is 2. The van der Waals surface area contributed by atoms with Crippen molar-refractivity contribution in [1.29, 1.82) is 0 Å². The summed E-state index contributed by atoms with van der Waals surface area (Å²) >= 11 is 0. The smallest absolute Gasteiger partial charge is 0.247 e. The second kappa shape index (κ2) is 15.5. The number of likely N-dealkylation sites (tertiary alicyclic amines) is 1. The first-order valence-electron chi connectivity index (χ1n) is 16.6. The quantitative estimate of drug-likeness (QED) is 0.136. The van der Waals surface area contributed by atoms with Crippen LogP contribution in [0.25, 0.3) is 0 Å². The van der Waals surface area contributed by atoms with E-state index in [4.69, 9.17) is 4.98 Å². The molecule has 0 radical (unpaired) electrons. The van der Waals surface area contributed by atoms with Gasteiger partial charge in [-0.1, -0.05) is 97.9 Å². The molecular formula is C40H41N5O3. The number of hydrogen-bond acceptors (Lipinski definition) is 6. The van der Waals surface area contributed by atoms with E-state index in [1.54, 1.807) is 17.3 Å². The number of pyridine rings is 2. The van der Waals surface area contributed by atoms with E-state index in [1.807, 2.05) is 128 Å². The van der Waals surface area contributed by atoms with Gasteiger partial charge in [-0.2, -0.15) is 0 Å². The normalized spacial score (nSPS) is 16.8. The number of hydrogen-bond donors (Lipinski definition) is 3. The highest BCUT2D eigenvalue weighted by Gasteiger charge is 2.38. The van der Waals surface area contributed by atoms with Crippen molar-refractivity contribution in [3.63, 3.8) is 0 Å². The van der Waals surface area contributed by atoms with Gasteiger partial charge >= 0.3 is 0 Å². The van der Waals surface area contributed by atoms with E-state index >= 15 is 0 Å². The summed E-state index contributed by atoms with van der Waals surface area (Å²) in [7, 11) is 0. The van der Waals surface area contributed by atoms with Crippen LogP contribution in [0.1, 0.15) is 60.2 Å². The van der Waals surface area contributed by atoms with E-state index in [0.29, 0.717) is 36.6 Å².